The highest BCUT2D eigenvalue weighted by atomic mass is 16.2. The van der Waals surface area contributed by atoms with Crippen molar-refractivity contribution in [1.29, 1.82) is 5.26 Å². The van der Waals surface area contributed by atoms with Crippen LogP contribution in [0.2, 0.25) is 0 Å². The second-order valence-corrected chi connectivity index (χ2v) is 7.02. The van der Waals surface area contributed by atoms with E-state index in [0.29, 0.717) is 24.2 Å². The molecule has 0 radical (unpaired) electrons. The molecular formula is C22H21N5O. The number of nitrogens with zero attached hydrogens (tertiary/aromatic N) is 5. The molecule has 3 heterocycles. The average molecular weight is 371 g/mol. The Morgan fingerprint density at radius 1 is 1.18 bits per heavy atom. The third kappa shape index (κ3) is 3.65. The molecule has 0 N–H and O–H groups in total. The lowest BCUT2D eigenvalue weighted by Crippen LogP contribution is -2.40. The fourth-order valence-electron chi connectivity index (χ4n) is 3.81. The topological polar surface area (TPSA) is 74.8 Å². The first-order chi connectivity index (χ1) is 13.8. The van der Waals surface area contributed by atoms with Crippen LogP contribution in [-0.4, -0.2) is 38.4 Å². The van der Waals surface area contributed by atoms with Crippen molar-refractivity contribution in [2.75, 3.05) is 13.1 Å². The molecule has 3 aromatic rings. The van der Waals surface area contributed by atoms with Crippen LogP contribution in [0, 0.1) is 11.3 Å². The molecule has 1 saturated heterocycles. The largest absolute Gasteiger partial charge is 0.338 e. The van der Waals surface area contributed by atoms with Crippen molar-refractivity contribution in [3.63, 3.8) is 0 Å². The van der Waals surface area contributed by atoms with Crippen LogP contribution in [0.15, 0.2) is 61.2 Å². The van der Waals surface area contributed by atoms with E-state index in [1.165, 1.54) is 5.56 Å². The number of carbonyl (C=O) groups is 1. The summed E-state index contributed by atoms with van der Waals surface area (Å²) in [7, 11) is 0. The van der Waals surface area contributed by atoms with E-state index in [1.807, 2.05) is 29.4 Å². The molecule has 4 rings (SSSR count). The zero-order valence-electron chi connectivity index (χ0n) is 15.5. The summed E-state index contributed by atoms with van der Waals surface area (Å²) in [5, 5.41) is 9.31. The van der Waals surface area contributed by atoms with Gasteiger partial charge in [0.2, 0.25) is 0 Å². The van der Waals surface area contributed by atoms with Gasteiger partial charge in [-0.1, -0.05) is 12.1 Å². The normalized spacial score (nSPS) is 16.5. The molecule has 6 nitrogen and oxygen atoms in total. The van der Waals surface area contributed by atoms with Crippen LogP contribution in [0.3, 0.4) is 0 Å². The first-order valence-corrected chi connectivity index (χ1v) is 9.44. The monoisotopic (exact) mass is 371 g/mol. The van der Waals surface area contributed by atoms with Crippen molar-refractivity contribution >= 4 is 5.91 Å². The molecule has 1 amide bonds. The average Bonchev–Trinajstić information content (AvgIpc) is 3.22. The molecule has 140 valence electrons. The molecule has 0 unspecified atom stereocenters. The SMILES string of the molecule is N#Cc1ccccc1C(=O)N1CCC[C@@H](c2nccn2Cc2ccncc2)C1. The lowest BCUT2D eigenvalue weighted by atomic mass is 9.95. The van der Waals surface area contributed by atoms with Gasteiger partial charge in [0.1, 0.15) is 5.82 Å². The number of likely N-dealkylation sites (tertiary alicyclic amines) is 1. The van der Waals surface area contributed by atoms with Crippen molar-refractivity contribution in [3.8, 4) is 6.07 Å². The second-order valence-electron chi connectivity index (χ2n) is 7.02. The van der Waals surface area contributed by atoms with Crippen molar-refractivity contribution in [1.82, 2.24) is 19.4 Å². The number of carbonyl (C=O) groups excluding carboxylic acids is 1. The maximum Gasteiger partial charge on any atom is 0.255 e. The summed E-state index contributed by atoms with van der Waals surface area (Å²) >= 11 is 0. The van der Waals surface area contributed by atoms with Crippen LogP contribution in [-0.2, 0) is 6.54 Å². The Bertz CT molecular complexity index is 1010. The van der Waals surface area contributed by atoms with Gasteiger partial charge in [-0.25, -0.2) is 4.98 Å². The summed E-state index contributed by atoms with van der Waals surface area (Å²) in [5.41, 5.74) is 2.07. The maximum atomic E-state index is 13.0. The minimum atomic E-state index is -0.0749. The van der Waals surface area contributed by atoms with Crippen LogP contribution in [0.5, 0.6) is 0 Å². The van der Waals surface area contributed by atoms with Gasteiger partial charge in [0, 0.05) is 50.3 Å². The third-order valence-corrected chi connectivity index (χ3v) is 5.20. The Kier molecular flexibility index (Phi) is 5.16. The van der Waals surface area contributed by atoms with E-state index >= 15 is 0 Å². The van der Waals surface area contributed by atoms with Crippen LogP contribution in [0.4, 0.5) is 0 Å². The van der Waals surface area contributed by atoms with Crippen molar-refractivity contribution in [2.24, 2.45) is 0 Å². The van der Waals surface area contributed by atoms with Crippen LogP contribution >= 0.6 is 0 Å². The number of rotatable bonds is 4. The molecule has 2 aromatic heterocycles. The highest BCUT2D eigenvalue weighted by Gasteiger charge is 2.28. The van der Waals surface area contributed by atoms with E-state index in [9.17, 15) is 10.1 Å². The number of hydrogen-bond donors (Lipinski definition) is 0. The molecule has 0 saturated carbocycles. The summed E-state index contributed by atoms with van der Waals surface area (Å²) in [4.78, 5) is 23.5. The van der Waals surface area contributed by atoms with Gasteiger partial charge >= 0.3 is 0 Å². The molecule has 0 bridgehead atoms. The van der Waals surface area contributed by atoms with Crippen LogP contribution in [0.25, 0.3) is 0 Å². The fourth-order valence-corrected chi connectivity index (χ4v) is 3.81. The van der Waals surface area contributed by atoms with Crippen LogP contribution in [0.1, 0.15) is 46.1 Å². The molecule has 28 heavy (non-hydrogen) atoms. The van der Waals surface area contributed by atoms with E-state index in [4.69, 9.17) is 0 Å². The van der Waals surface area contributed by atoms with Crippen molar-refractivity contribution in [2.45, 2.75) is 25.3 Å². The highest BCUT2D eigenvalue weighted by Crippen LogP contribution is 2.27. The quantitative estimate of drug-likeness (QED) is 0.706. The van der Waals surface area contributed by atoms with Crippen molar-refractivity contribution in [3.05, 3.63) is 83.7 Å². The summed E-state index contributed by atoms with van der Waals surface area (Å²) in [6.45, 7) is 2.06. The Labute approximate surface area is 164 Å². The molecule has 1 aromatic carbocycles. The predicted molar refractivity (Wildman–Crippen MR) is 105 cm³/mol. The predicted octanol–water partition coefficient (Wildman–Crippen LogP) is 3.22. The number of pyridine rings is 1. The lowest BCUT2D eigenvalue weighted by Gasteiger charge is -2.33. The van der Waals surface area contributed by atoms with Gasteiger partial charge in [0.05, 0.1) is 17.2 Å². The van der Waals surface area contributed by atoms with E-state index in [0.717, 1.165) is 25.2 Å². The van der Waals surface area contributed by atoms with Gasteiger partial charge in [-0.05, 0) is 42.7 Å². The summed E-state index contributed by atoms with van der Waals surface area (Å²) in [6, 6.07) is 13.1. The Morgan fingerprint density at radius 3 is 2.82 bits per heavy atom. The van der Waals surface area contributed by atoms with Gasteiger partial charge in [0.15, 0.2) is 0 Å². The number of hydrogen-bond acceptors (Lipinski definition) is 4. The molecule has 0 aliphatic carbocycles. The summed E-state index contributed by atoms with van der Waals surface area (Å²) in [6.07, 6.45) is 9.31. The lowest BCUT2D eigenvalue weighted by molar-refractivity contribution is 0.0703. The number of imidazole rings is 1. The zero-order valence-corrected chi connectivity index (χ0v) is 15.5. The third-order valence-electron chi connectivity index (χ3n) is 5.20. The second kappa shape index (κ2) is 8.05. The summed E-state index contributed by atoms with van der Waals surface area (Å²) in [5.74, 6) is 1.11. The van der Waals surface area contributed by atoms with Gasteiger partial charge in [-0.15, -0.1) is 0 Å². The van der Waals surface area contributed by atoms with Gasteiger partial charge < -0.3 is 9.47 Å². The minimum absolute atomic E-state index is 0.0749. The van der Waals surface area contributed by atoms with E-state index in [1.54, 1.807) is 36.7 Å². The number of aromatic nitrogens is 3. The number of benzene rings is 1. The summed E-state index contributed by atoms with van der Waals surface area (Å²) < 4.78 is 2.15. The van der Waals surface area contributed by atoms with E-state index in [-0.39, 0.29) is 11.8 Å². The van der Waals surface area contributed by atoms with Gasteiger partial charge in [-0.2, -0.15) is 5.26 Å². The zero-order chi connectivity index (χ0) is 19.3. The smallest absolute Gasteiger partial charge is 0.255 e. The number of amides is 1. The first kappa shape index (κ1) is 17.9. The highest BCUT2D eigenvalue weighted by molar-refractivity contribution is 5.96. The van der Waals surface area contributed by atoms with Gasteiger partial charge in [0.25, 0.3) is 5.91 Å². The first-order valence-electron chi connectivity index (χ1n) is 9.44. The van der Waals surface area contributed by atoms with Crippen LogP contribution < -0.4 is 0 Å². The Balaban J connectivity index is 1.53. The molecule has 0 spiro atoms. The standard InChI is InChI=1S/C22H21N5O/c23-14-18-4-1-2-6-20(18)22(28)27-12-3-5-19(16-27)21-25-11-13-26(21)15-17-7-9-24-10-8-17/h1-2,4,6-11,13,19H,3,5,12,15-16H2/t19-/m1/s1. The molecule has 1 aliphatic heterocycles. The maximum absolute atomic E-state index is 13.0. The Hall–Kier alpha value is -3.46. The molecular weight excluding hydrogens is 350 g/mol. The molecule has 1 fully saturated rings. The minimum Gasteiger partial charge on any atom is -0.338 e. The number of piperidine rings is 1. The number of nitriles is 1. The van der Waals surface area contributed by atoms with Gasteiger partial charge in [-0.3, -0.25) is 9.78 Å². The Morgan fingerprint density at radius 2 is 2.00 bits per heavy atom. The molecule has 1 atom stereocenters. The van der Waals surface area contributed by atoms with E-state index in [2.05, 4.69) is 20.6 Å². The van der Waals surface area contributed by atoms with Crippen molar-refractivity contribution < 1.29 is 4.79 Å². The van der Waals surface area contributed by atoms with E-state index < -0.39 is 0 Å². The fraction of sp³-hybridized carbons (Fsp3) is 0.273. The molecule has 1 aliphatic rings. The molecule has 6 heteroatoms.